The van der Waals surface area contributed by atoms with Crippen LogP contribution in [0, 0.1) is 0 Å². The first-order valence-electron chi connectivity index (χ1n) is 9.23. The van der Waals surface area contributed by atoms with Crippen LogP contribution in [0.4, 0.5) is 0 Å². The van der Waals surface area contributed by atoms with Crippen molar-refractivity contribution >= 4 is 28.4 Å². The van der Waals surface area contributed by atoms with E-state index in [9.17, 15) is 4.79 Å². The van der Waals surface area contributed by atoms with E-state index in [1.807, 2.05) is 46.9 Å². The largest absolute Gasteiger partial charge is 0.384 e. The van der Waals surface area contributed by atoms with Crippen LogP contribution in [0.5, 0.6) is 0 Å². The zero-order chi connectivity index (χ0) is 19.7. The number of hydrogen-bond acceptors (Lipinski definition) is 5. The van der Waals surface area contributed by atoms with E-state index >= 15 is 0 Å². The summed E-state index contributed by atoms with van der Waals surface area (Å²) in [6, 6.07) is 15.6. The number of hydrogen-bond donors (Lipinski definition) is 0. The predicted octanol–water partition coefficient (Wildman–Crippen LogP) is 3.90. The number of nitrogens with zero attached hydrogens (tertiary/aromatic N) is 4. The van der Waals surface area contributed by atoms with Crippen LogP contribution in [0.15, 0.2) is 58.5 Å². The van der Waals surface area contributed by atoms with Gasteiger partial charge in [-0.15, -0.1) is 10.2 Å². The zero-order valence-electron chi connectivity index (χ0n) is 16.1. The molecular weight excluding hydrogens is 372 g/mol. The van der Waals surface area contributed by atoms with E-state index in [0.29, 0.717) is 17.8 Å². The van der Waals surface area contributed by atoms with Crippen LogP contribution >= 0.6 is 11.8 Å². The van der Waals surface area contributed by atoms with Gasteiger partial charge in [0.2, 0.25) is 5.78 Å². The molecule has 0 saturated carbocycles. The van der Waals surface area contributed by atoms with E-state index < -0.39 is 0 Å². The Labute approximate surface area is 167 Å². The summed E-state index contributed by atoms with van der Waals surface area (Å²) in [4.78, 5) is 13.4. The average molecular weight is 395 g/mol. The summed E-state index contributed by atoms with van der Waals surface area (Å²) in [6.45, 7) is 4.86. The fraction of sp³-hybridized carbons (Fsp3) is 0.286. The van der Waals surface area contributed by atoms with Crippen LogP contribution in [0.3, 0.4) is 0 Å². The second-order valence-corrected chi connectivity index (χ2v) is 7.89. The molecule has 0 atom stereocenters. The summed E-state index contributed by atoms with van der Waals surface area (Å²) >= 11 is 1.57. The molecule has 28 heavy (non-hydrogen) atoms. The average Bonchev–Trinajstić information content (AvgIpc) is 3.12. The molecule has 0 aliphatic heterocycles. The minimum Gasteiger partial charge on any atom is -0.384 e. The van der Waals surface area contributed by atoms with Crippen molar-refractivity contribution in [1.29, 1.82) is 0 Å². The normalized spacial score (nSPS) is 11.7. The molecule has 2 heterocycles. The number of aromatic nitrogens is 4. The van der Waals surface area contributed by atoms with Gasteiger partial charge in [-0.1, -0.05) is 55.9 Å². The lowest BCUT2D eigenvalue weighted by Gasteiger charge is -2.16. The summed E-state index contributed by atoms with van der Waals surface area (Å²) < 4.78 is 8.81. The Morgan fingerprint density at radius 3 is 2.61 bits per heavy atom. The maximum absolute atomic E-state index is 13.4. The molecule has 0 amide bonds. The molecule has 7 heteroatoms. The maximum Gasteiger partial charge on any atom is 0.267 e. The van der Waals surface area contributed by atoms with Crippen LogP contribution in [0.25, 0.3) is 22.4 Å². The molecule has 0 unspecified atom stereocenters. The van der Waals surface area contributed by atoms with E-state index in [-0.39, 0.29) is 11.5 Å². The molecule has 0 spiro atoms. The predicted molar refractivity (Wildman–Crippen MR) is 113 cm³/mol. The number of para-hydroxylation sites is 2. The first kappa shape index (κ1) is 18.7. The van der Waals surface area contributed by atoms with E-state index in [4.69, 9.17) is 4.74 Å². The van der Waals surface area contributed by atoms with E-state index in [2.05, 4.69) is 30.1 Å². The molecule has 2 aromatic carbocycles. The fourth-order valence-corrected chi connectivity index (χ4v) is 4.23. The van der Waals surface area contributed by atoms with Gasteiger partial charge in [0.15, 0.2) is 5.16 Å². The smallest absolute Gasteiger partial charge is 0.267 e. The highest BCUT2D eigenvalue weighted by Gasteiger charge is 2.19. The molecule has 4 rings (SSSR count). The Morgan fingerprint density at radius 2 is 1.82 bits per heavy atom. The van der Waals surface area contributed by atoms with Crippen molar-refractivity contribution in [3.8, 4) is 5.69 Å². The number of methoxy groups -OCH3 is 1. The molecule has 0 saturated heterocycles. The molecule has 144 valence electrons. The molecule has 6 nitrogen and oxygen atoms in total. The Hall–Kier alpha value is -2.64. The highest BCUT2D eigenvalue weighted by molar-refractivity contribution is 7.99. The lowest BCUT2D eigenvalue weighted by molar-refractivity contribution is 0.218. The summed E-state index contributed by atoms with van der Waals surface area (Å²) in [6.07, 6.45) is 0. The quantitative estimate of drug-likeness (QED) is 0.367. The summed E-state index contributed by atoms with van der Waals surface area (Å²) in [5.41, 5.74) is 2.67. The van der Waals surface area contributed by atoms with Crippen molar-refractivity contribution in [2.45, 2.75) is 24.9 Å². The maximum atomic E-state index is 13.4. The van der Waals surface area contributed by atoms with Crippen molar-refractivity contribution in [3.63, 3.8) is 0 Å². The SMILES string of the molecule is COCCSc1nnc2n(-c3ccccc3C(C)C)c(=O)c3ccccc3n12. The number of thioether (sulfide) groups is 1. The van der Waals surface area contributed by atoms with Crippen molar-refractivity contribution in [2.24, 2.45) is 0 Å². The highest BCUT2D eigenvalue weighted by atomic mass is 32.2. The van der Waals surface area contributed by atoms with Gasteiger partial charge >= 0.3 is 0 Å². The molecule has 0 aliphatic carbocycles. The Kier molecular flexibility index (Phi) is 5.19. The number of ether oxygens (including phenoxy) is 1. The number of benzene rings is 2. The van der Waals surface area contributed by atoms with Crippen molar-refractivity contribution in [3.05, 3.63) is 64.4 Å². The fourth-order valence-electron chi connectivity index (χ4n) is 3.38. The van der Waals surface area contributed by atoms with E-state index in [0.717, 1.165) is 27.7 Å². The molecular formula is C21H22N4O2S. The van der Waals surface area contributed by atoms with E-state index in [1.165, 1.54) is 0 Å². The molecule has 2 aromatic heterocycles. The van der Waals surface area contributed by atoms with Gasteiger partial charge in [-0.3, -0.25) is 9.20 Å². The Bertz CT molecular complexity index is 1200. The van der Waals surface area contributed by atoms with Crippen molar-refractivity contribution in [2.75, 3.05) is 19.5 Å². The van der Waals surface area contributed by atoms with Gasteiger partial charge in [-0.25, -0.2) is 4.57 Å². The van der Waals surface area contributed by atoms with Crippen LogP contribution in [-0.2, 0) is 4.74 Å². The Balaban J connectivity index is 2.07. The Morgan fingerprint density at radius 1 is 1.07 bits per heavy atom. The van der Waals surface area contributed by atoms with Crippen molar-refractivity contribution < 1.29 is 4.74 Å². The van der Waals surface area contributed by atoms with E-state index in [1.54, 1.807) is 23.4 Å². The number of rotatable bonds is 6. The summed E-state index contributed by atoms with van der Waals surface area (Å²) in [5.74, 6) is 1.55. The summed E-state index contributed by atoms with van der Waals surface area (Å²) in [5, 5.41) is 10.2. The van der Waals surface area contributed by atoms with Crippen LogP contribution in [0.2, 0.25) is 0 Å². The van der Waals surface area contributed by atoms with Crippen LogP contribution in [0.1, 0.15) is 25.3 Å². The molecule has 0 aliphatic rings. The van der Waals surface area contributed by atoms with Gasteiger partial charge in [0.05, 0.1) is 23.2 Å². The molecule has 0 fully saturated rings. The standard InChI is InChI=1S/C21H22N4O2S/c1-14(2)15-8-4-6-10-17(15)24-19(26)16-9-5-7-11-18(16)25-20(24)22-23-21(25)28-13-12-27-3/h4-11,14H,12-13H2,1-3H3. The second kappa shape index (κ2) is 7.77. The van der Waals surface area contributed by atoms with Gasteiger partial charge in [-0.05, 0) is 29.7 Å². The van der Waals surface area contributed by atoms with Crippen molar-refractivity contribution in [1.82, 2.24) is 19.2 Å². The zero-order valence-corrected chi connectivity index (χ0v) is 16.9. The van der Waals surface area contributed by atoms with Crippen LogP contribution in [-0.4, -0.2) is 38.6 Å². The third kappa shape index (κ3) is 3.10. The summed E-state index contributed by atoms with van der Waals surface area (Å²) in [7, 11) is 1.68. The minimum atomic E-state index is -0.0861. The lowest BCUT2D eigenvalue weighted by atomic mass is 10.0. The highest BCUT2D eigenvalue weighted by Crippen LogP contribution is 2.26. The second-order valence-electron chi connectivity index (χ2n) is 6.83. The van der Waals surface area contributed by atoms with Gasteiger partial charge in [-0.2, -0.15) is 0 Å². The first-order chi connectivity index (χ1) is 13.6. The first-order valence-corrected chi connectivity index (χ1v) is 10.2. The van der Waals surface area contributed by atoms with Gasteiger partial charge < -0.3 is 4.74 Å². The monoisotopic (exact) mass is 394 g/mol. The molecule has 0 radical (unpaired) electrons. The topological polar surface area (TPSA) is 61.4 Å². The minimum absolute atomic E-state index is 0.0861. The molecule has 0 bridgehead atoms. The van der Waals surface area contributed by atoms with Gasteiger partial charge in [0.25, 0.3) is 5.56 Å². The molecule has 4 aromatic rings. The van der Waals surface area contributed by atoms with Crippen LogP contribution < -0.4 is 5.56 Å². The lowest BCUT2D eigenvalue weighted by Crippen LogP contribution is -2.23. The third-order valence-electron chi connectivity index (χ3n) is 4.71. The molecule has 0 N–H and O–H groups in total. The third-order valence-corrected chi connectivity index (χ3v) is 5.61. The van der Waals surface area contributed by atoms with Gasteiger partial charge in [0.1, 0.15) is 0 Å². The van der Waals surface area contributed by atoms with Gasteiger partial charge in [0, 0.05) is 12.9 Å². The number of fused-ring (bicyclic) bond motifs is 3.